The number of likely N-dealkylation sites (N-methyl/N-ethyl adjacent to an activating group) is 1. The largest absolute Gasteiger partial charge is 0.389 e. The summed E-state index contributed by atoms with van der Waals surface area (Å²) >= 11 is 0. The van der Waals surface area contributed by atoms with Gasteiger partial charge in [0.05, 0.1) is 5.60 Å². The van der Waals surface area contributed by atoms with Gasteiger partial charge in [-0.15, -0.1) is 0 Å². The molecule has 0 saturated heterocycles. The quantitative estimate of drug-likeness (QED) is 0.316. The summed E-state index contributed by atoms with van der Waals surface area (Å²) in [5, 5.41) is 13.6. The molecule has 0 unspecified atom stereocenters. The van der Waals surface area contributed by atoms with Gasteiger partial charge in [-0.1, -0.05) is 18.0 Å². The predicted molar refractivity (Wildman–Crippen MR) is 59.5 cm³/mol. The fourth-order valence-corrected chi connectivity index (χ4v) is 2.23. The molecule has 0 aliphatic heterocycles. The Labute approximate surface area is 90.7 Å². The minimum absolute atomic E-state index is 0.465. The minimum Gasteiger partial charge on any atom is -0.389 e. The van der Waals surface area contributed by atoms with Crippen molar-refractivity contribution in [1.29, 1.82) is 0 Å². The standard InChI is InChI=1S/C10H20N4O/c1-14(8-4-7-12-13-11)9-10(15)5-2-3-6-10/h15H,2-9H2,1H3. The summed E-state index contributed by atoms with van der Waals surface area (Å²) in [5.74, 6) is 0. The molecule has 1 rings (SSSR count). The molecular formula is C10H20N4O. The van der Waals surface area contributed by atoms with Crippen LogP contribution in [0.25, 0.3) is 10.4 Å². The molecule has 5 heteroatoms. The summed E-state index contributed by atoms with van der Waals surface area (Å²) < 4.78 is 0. The zero-order valence-corrected chi connectivity index (χ0v) is 9.39. The van der Waals surface area contributed by atoms with E-state index >= 15 is 0 Å². The Balaban J connectivity index is 2.17. The molecule has 5 nitrogen and oxygen atoms in total. The van der Waals surface area contributed by atoms with Gasteiger partial charge in [0.25, 0.3) is 0 Å². The molecule has 1 aliphatic carbocycles. The van der Waals surface area contributed by atoms with E-state index in [1.165, 1.54) is 0 Å². The van der Waals surface area contributed by atoms with Crippen molar-refractivity contribution in [3.63, 3.8) is 0 Å². The third-order valence-corrected chi connectivity index (χ3v) is 2.96. The Kier molecular flexibility index (Phi) is 4.88. The number of hydrogen-bond acceptors (Lipinski definition) is 3. The molecule has 0 radical (unpaired) electrons. The Morgan fingerprint density at radius 2 is 2.13 bits per heavy atom. The highest BCUT2D eigenvalue weighted by Crippen LogP contribution is 2.29. The maximum atomic E-state index is 10.1. The second-order valence-electron chi connectivity index (χ2n) is 4.48. The van der Waals surface area contributed by atoms with Crippen molar-refractivity contribution < 1.29 is 5.11 Å². The Morgan fingerprint density at radius 3 is 2.73 bits per heavy atom. The molecule has 0 amide bonds. The molecule has 15 heavy (non-hydrogen) atoms. The highest BCUT2D eigenvalue weighted by atomic mass is 16.3. The van der Waals surface area contributed by atoms with Crippen LogP contribution >= 0.6 is 0 Å². The number of nitrogens with zero attached hydrogens (tertiary/aromatic N) is 4. The van der Waals surface area contributed by atoms with Crippen molar-refractivity contribution in [3.05, 3.63) is 10.4 Å². The van der Waals surface area contributed by atoms with Crippen LogP contribution in [-0.2, 0) is 0 Å². The van der Waals surface area contributed by atoms with Crippen LogP contribution in [0.5, 0.6) is 0 Å². The number of hydrogen-bond donors (Lipinski definition) is 1. The lowest BCUT2D eigenvalue weighted by Gasteiger charge is -2.28. The van der Waals surface area contributed by atoms with Crippen LogP contribution in [-0.4, -0.2) is 42.3 Å². The first-order chi connectivity index (χ1) is 7.16. The highest BCUT2D eigenvalue weighted by Gasteiger charge is 2.31. The SMILES string of the molecule is CN(CCCN=[N+]=[N-])CC1(O)CCCC1. The molecule has 0 bridgehead atoms. The van der Waals surface area contributed by atoms with Gasteiger partial charge in [-0.2, -0.15) is 0 Å². The summed E-state index contributed by atoms with van der Waals surface area (Å²) in [5.41, 5.74) is 7.64. The van der Waals surface area contributed by atoms with Crippen LogP contribution in [0.2, 0.25) is 0 Å². The van der Waals surface area contributed by atoms with E-state index in [1.54, 1.807) is 0 Å². The lowest BCUT2D eigenvalue weighted by Crippen LogP contribution is -2.39. The molecule has 86 valence electrons. The van der Waals surface area contributed by atoms with Crippen molar-refractivity contribution in [2.24, 2.45) is 5.11 Å². The summed E-state index contributed by atoms with van der Waals surface area (Å²) in [6, 6.07) is 0. The summed E-state index contributed by atoms with van der Waals surface area (Å²) in [7, 11) is 2.01. The normalized spacial score (nSPS) is 19.1. The van der Waals surface area contributed by atoms with Gasteiger partial charge < -0.3 is 10.0 Å². The van der Waals surface area contributed by atoms with Crippen LogP contribution in [0, 0.1) is 0 Å². The summed E-state index contributed by atoms with van der Waals surface area (Å²) in [4.78, 5) is 4.83. The zero-order chi connectivity index (χ0) is 11.1. The van der Waals surface area contributed by atoms with E-state index in [0.717, 1.165) is 45.2 Å². The van der Waals surface area contributed by atoms with Crippen molar-refractivity contribution in [1.82, 2.24) is 4.90 Å². The first kappa shape index (κ1) is 12.3. The number of rotatable bonds is 6. The molecule has 1 N–H and O–H groups in total. The first-order valence-corrected chi connectivity index (χ1v) is 5.58. The molecule has 0 aromatic heterocycles. The predicted octanol–water partition coefficient (Wildman–Crippen LogP) is 1.92. The van der Waals surface area contributed by atoms with Crippen LogP contribution < -0.4 is 0 Å². The average molecular weight is 212 g/mol. The summed E-state index contributed by atoms with van der Waals surface area (Å²) in [6.07, 6.45) is 4.99. The van der Waals surface area contributed by atoms with Gasteiger partial charge in [-0.25, -0.2) is 0 Å². The van der Waals surface area contributed by atoms with E-state index in [1.807, 2.05) is 7.05 Å². The summed E-state index contributed by atoms with van der Waals surface area (Å²) in [6.45, 7) is 2.16. The minimum atomic E-state index is -0.465. The van der Waals surface area contributed by atoms with Gasteiger partial charge in [-0.3, -0.25) is 0 Å². The molecule has 0 heterocycles. The monoisotopic (exact) mass is 212 g/mol. The molecule has 0 spiro atoms. The number of aliphatic hydroxyl groups is 1. The van der Waals surface area contributed by atoms with Gasteiger partial charge in [0.2, 0.25) is 0 Å². The maximum Gasteiger partial charge on any atom is 0.0774 e. The van der Waals surface area contributed by atoms with Crippen LogP contribution in [0.15, 0.2) is 5.11 Å². The molecule has 0 aromatic rings. The van der Waals surface area contributed by atoms with Crippen molar-refractivity contribution in [3.8, 4) is 0 Å². The van der Waals surface area contributed by atoms with E-state index in [0.29, 0.717) is 6.54 Å². The smallest absolute Gasteiger partial charge is 0.0774 e. The Bertz CT molecular complexity index is 232. The zero-order valence-electron chi connectivity index (χ0n) is 9.39. The lowest BCUT2D eigenvalue weighted by atomic mass is 10.0. The van der Waals surface area contributed by atoms with Gasteiger partial charge in [0.15, 0.2) is 0 Å². The molecular weight excluding hydrogens is 192 g/mol. The van der Waals surface area contributed by atoms with Crippen molar-refractivity contribution in [2.45, 2.75) is 37.7 Å². The van der Waals surface area contributed by atoms with Crippen LogP contribution in [0.3, 0.4) is 0 Å². The fourth-order valence-electron chi connectivity index (χ4n) is 2.23. The van der Waals surface area contributed by atoms with Crippen LogP contribution in [0.1, 0.15) is 32.1 Å². The van der Waals surface area contributed by atoms with Crippen LogP contribution in [0.4, 0.5) is 0 Å². The Morgan fingerprint density at radius 1 is 1.47 bits per heavy atom. The van der Waals surface area contributed by atoms with Gasteiger partial charge in [-0.05, 0) is 38.4 Å². The fraction of sp³-hybridized carbons (Fsp3) is 1.00. The van der Waals surface area contributed by atoms with Gasteiger partial charge in [0, 0.05) is 18.0 Å². The van der Waals surface area contributed by atoms with Crippen molar-refractivity contribution in [2.75, 3.05) is 26.7 Å². The van der Waals surface area contributed by atoms with E-state index in [2.05, 4.69) is 14.9 Å². The van der Waals surface area contributed by atoms with Gasteiger partial charge >= 0.3 is 0 Å². The molecule has 1 aliphatic rings. The molecule has 1 fully saturated rings. The van der Waals surface area contributed by atoms with Crippen molar-refractivity contribution >= 4 is 0 Å². The third-order valence-electron chi connectivity index (χ3n) is 2.96. The second-order valence-corrected chi connectivity index (χ2v) is 4.48. The number of azide groups is 1. The highest BCUT2D eigenvalue weighted by molar-refractivity contribution is 4.86. The third kappa shape index (κ3) is 4.51. The Hall–Kier alpha value is -0.770. The second kappa shape index (κ2) is 5.95. The van der Waals surface area contributed by atoms with Gasteiger partial charge in [0.1, 0.15) is 0 Å². The maximum absolute atomic E-state index is 10.1. The molecule has 1 saturated carbocycles. The van der Waals surface area contributed by atoms with E-state index in [-0.39, 0.29) is 0 Å². The van der Waals surface area contributed by atoms with E-state index in [9.17, 15) is 5.11 Å². The lowest BCUT2D eigenvalue weighted by molar-refractivity contribution is 0.0164. The van der Waals surface area contributed by atoms with E-state index < -0.39 is 5.60 Å². The topological polar surface area (TPSA) is 72.2 Å². The first-order valence-electron chi connectivity index (χ1n) is 5.58. The van der Waals surface area contributed by atoms with E-state index in [4.69, 9.17) is 5.53 Å². The molecule has 0 atom stereocenters. The average Bonchev–Trinajstić information content (AvgIpc) is 2.59. The molecule has 0 aromatic carbocycles.